The number of hydrogen-bond acceptors (Lipinski definition) is 7. The van der Waals surface area contributed by atoms with Gasteiger partial charge in [-0.3, -0.25) is 19.7 Å². The molecule has 0 aliphatic carbocycles. The molecule has 0 aliphatic heterocycles. The van der Waals surface area contributed by atoms with Crippen molar-refractivity contribution in [2.45, 2.75) is 20.8 Å². The lowest BCUT2D eigenvalue weighted by Gasteiger charge is -2.15. The van der Waals surface area contributed by atoms with Crippen LogP contribution in [-0.2, 0) is 9.59 Å². The first-order valence-corrected chi connectivity index (χ1v) is 12.8. The zero-order valence-corrected chi connectivity index (χ0v) is 23.6. The highest BCUT2D eigenvalue weighted by Gasteiger charge is 2.17. The molecule has 39 heavy (non-hydrogen) atoms. The van der Waals surface area contributed by atoms with E-state index in [0.29, 0.717) is 32.9 Å². The van der Waals surface area contributed by atoms with Crippen molar-refractivity contribution in [3.8, 4) is 17.6 Å². The zero-order valence-electron chi connectivity index (χ0n) is 21.4. The molecular weight excluding hydrogens is 615 g/mol. The topological polar surface area (TPSA) is 144 Å². The van der Waals surface area contributed by atoms with E-state index in [4.69, 9.17) is 9.47 Å². The number of halogens is 1. The number of nitrogens with zero attached hydrogens (tertiary/aromatic N) is 2. The molecule has 3 rings (SSSR count). The van der Waals surface area contributed by atoms with E-state index in [1.54, 1.807) is 19.1 Å². The Hall–Kier alpha value is -4.44. The molecule has 0 bridgehead atoms. The Balaban J connectivity index is 1.79. The highest BCUT2D eigenvalue weighted by Crippen LogP contribution is 2.35. The van der Waals surface area contributed by atoms with Gasteiger partial charge in [0.15, 0.2) is 18.1 Å². The molecule has 10 nitrogen and oxygen atoms in total. The number of nitriles is 1. The molecule has 0 aliphatic rings. The predicted molar refractivity (Wildman–Crippen MR) is 156 cm³/mol. The predicted octanol–water partition coefficient (Wildman–Crippen LogP) is 5.78. The largest absolute Gasteiger partial charge is 0.490 e. The highest BCUT2D eigenvalue weighted by molar-refractivity contribution is 14.1. The molecule has 3 aromatic rings. The van der Waals surface area contributed by atoms with Crippen molar-refractivity contribution in [1.82, 2.24) is 0 Å². The van der Waals surface area contributed by atoms with Gasteiger partial charge in [-0.25, -0.2) is 0 Å². The van der Waals surface area contributed by atoms with Crippen LogP contribution < -0.4 is 20.1 Å². The van der Waals surface area contributed by atoms with Gasteiger partial charge in [0.1, 0.15) is 11.6 Å². The minimum Gasteiger partial charge on any atom is -0.490 e. The van der Waals surface area contributed by atoms with Gasteiger partial charge in [0.2, 0.25) is 0 Å². The van der Waals surface area contributed by atoms with Crippen LogP contribution in [0.1, 0.15) is 23.6 Å². The number of amides is 2. The van der Waals surface area contributed by atoms with E-state index < -0.39 is 10.8 Å². The fraction of sp³-hybridized carbons (Fsp3) is 0.179. The van der Waals surface area contributed by atoms with Crippen LogP contribution in [0.3, 0.4) is 0 Å². The molecule has 0 saturated heterocycles. The van der Waals surface area contributed by atoms with E-state index >= 15 is 0 Å². The van der Waals surface area contributed by atoms with Crippen LogP contribution in [0.2, 0.25) is 0 Å². The second-order valence-electron chi connectivity index (χ2n) is 8.35. The van der Waals surface area contributed by atoms with Gasteiger partial charge in [-0.05, 0) is 90.4 Å². The van der Waals surface area contributed by atoms with Gasteiger partial charge in [-0.2, -0.15) is 5.26 Å². The van der Waals surface area contributed by atoms with E-state index in [1.807, 2.05) is 60.7 Å². The van der Waals surface area contributed by atoms with Gasteiger partial charge in [0.25, 0.3) is 17.5 Å². The number of carbonyl (C=O) groups excluding carboxylic acids is 2. The highest BCUT2D eigenvalue weighted by atomic mass is 127. The number of carbonyl (C=O) groups is 2. The van der Waals surface area contributed by atoms with Crippen LogP contribution in [0.5, 0.6) is 11.5 Å². The molecule has 0 spiro atoms. The Morgan fingerprint density at radius 3 is 2.56 bits per heavy atom. The number of nitrogens with one attached hydrogen (secondary N) is 2. The summed E-state index contributed by atoms with van der Waals surface area (Å²) < 4.78 is 12.1. The molecular formula is C28H25IN4O6. The second kappa shape index (κ2) is 13.4. The summed E-state index contributed by atoms with van der Waals surface area (Å²) in [6.45, 7) is 5.69. The summed E-state index contributed by atoms with van der Waals surface area (Å²) in [6.07, 6.45) is 1.37. The third-order valence-corrected chi connectivity index (χ3v) is 6.14. The van der Waals surface area contributed by atoms with Crippen molar-refractivity contribution < 1.29 is 24.0 Å². The number of rotatable bonds is 10. The first-order chi connectivity index (χ1) is 18.6. The van der Waals surface area contributed by atoms with Crippen molar-refractivity contribution >= 4 is 57.5 Å². The van der Waals surface area contributed by atoms with Crippen molar-refractivity contribution in [3.63, 3.8) is 0 Å². The third kappa shape index (κ3) is 8.02. The Kier molecular flexibility index (Phi) is 9.99. The number of benzene rings is 3. The monoisotopic (exact) mass is 640 g/mol. The van der Waals surface area contributed by atoms with Crippen LogP contribution in [-0.4, -0.2) is 30.0 Å². The molecule has 0 heterocycles. The Bertz CT molecular complexity index is 1500. The van der Waals surface area contributed by atoms with Gasteiger partial charge >= 0.3 is 0 Å². The molecule has 0 atom stereocenters. The lowest BCUT2D eigenvalue weighted by molar-refractivity contribution is -0.384. The Labute approximate surface area is 238 Å². The first kappa shape index (κ1) is 29.1. The molecule has 11 heteroatoms. The Morgan fingerprint density at radius 1 is 1.10 bits per heavy atom. The van der Waals surface area contributed by atoms with Gasteiger partial charge in [0.05, 0.1) is 15.1 Å². The Morgan fingerprint density at radius 2 is 1.87 bits per heavy atom. The summed E-state index contributed by atoms with van der Waals surface area (Å²) in [4.78, 5) is 35.7. The van der Waals surface area contributed by atoms with E-state index in [1.165, 1.54) is 30.3 Å². The van der Waals surface area contributed by atoms with Gasteiger partial charge in [0, 0.05) is 23.5 Å². The number of nitro groups is 1. The van der Waals surface area contributed by atoms with Gasteiger partial charge in [-0.1, -0.05) is 18.2 Å². The van der Waals surface area contributed by atoms with Gasteiger partial charge in [-0.15, -0.1) is 0 Å². The van der Waals surface area contributed by atoms with E-state index in [2.05, 4.69) is 10.6 Å². The summed E-state index contributed by atoms with van der Waals surface area (Å²) in [5.41, 5.74) is 2.91. The average molecular weight is 640 g/mol. The summed E-state index contributed by atoms with van der Waals surface area (Å²) >= 11 is 2.02. The summed E-state index contributed by atoms with van der Waals surface area (Å²) in [5, 5.41) is 25.9. The number of nitro benzene ring substituents is 1. The van der Waals surface area contributed by atoms with Crippen molar-refractivity contribution in [2.24, 2.45) is 0 Å². The molecule has 2 amide bonds. The van der Waals surface area contributed by atoms with Crippen LogP contribution in [0, 0.1) is 38.9 Å². The maximum Gasteiger partial charge on any atom is 0.271 e. The lowest BCUT2D eigenvalue weighted by Crippen LogP contribution is -2.21. The molecule has 200 valence electrons. The number of ether oxygens (including phenoxy) is 2. The number of hydrogen-bond donors (Lipinski definition) is 2. The quantitative estimate of drug-likeness (QED) is 0.0941. The molecule has 0 aromatic heterocycles. The van der Waals surface area contributed by atoms with Crippen LogP contribution >= 0.6 is 22.6 Å². The summed E-state index contributed by atoms with van der Waals surface area (Å²) in [6, 6.07) is 16.3. The minimum absolute atomic E-state index is 0.183. The number of anilines is 2. The molecule has 0 radical (unpaired) electrons. The fourth-order valence-corrected chi connectivity index (χ4v) is 4.26. The second-order valence-corrected chi connectivity index (χ2v) is 9.51. The lowest BCUT2D eigenvalue weighted by atomic mass is 10.1. The molecule has 0 unspecified atom stereocenters. The van der Waals surface area contributed by atoms with Crippen molar-refractivity contribution in [1.29, 1.82) is 5.26 Å². The van der Waals surface area contributed by atoms with E-state index in [0.717, 1.165) is 11.1 Å². The standard InChI is InChI=1S/C28H25IN4O6/c1-4-38-25-13-19(11-20(15-30)28(35)31-21-6-5-7-22(14-21)33(36)37)12-23(29)27(25)39-16-26(34)32-24-10-17(2)8-9-18(24)3/h5-14H,4,16H2,1-3H3,(H,31,35)(H,32,34)/b20-11-. The summed E-state index contributed by atoms with van der Waals surface area (Å²) in [7, 11) is 0. The smallest absolute Gasteiger partial charge is 0.271 e. The van der Waals surface area contributed by atoms with Crippen LogP contribution in [0.25, 0.3) is 6.08 Å². The molecule has 0 fully saturated rings. The minimum atomic E-state index is -0.727. The van der Waals surface area contributed by atoms with Crippen molar-refractivity contribution in [2.75, 3.05) is 23.8 Å². The van der Waals surface area contributed by atoms with E-state index in [9.17, 15) is 25.0 Å². The van der Waals surface area contributed by atoms with E-state index in [-0.39, 0.29) is 29.5 Å². The third-order valence-electron chi connectivity index (χ3n) is 5.34. The molecule has 0 saturated carbocycles. The normalized spacial score (nSPS) is 10.8. The summed E-state index contributed by atoms with van der Waals surface area (Å²) in [5.74, 6) is -0.373. The zero-order chi connectivity index (χ0) is 28.5. The number of aryl methyl sites for hydroxylation is 2. The van der Waals surface area contributed by atoms with Crippen LogP contribution in [0.15, 0.2) is 60.2 Å². The number of non-ortho nitro benzene ring substituents is 1. The maximum absolute atomic E-state index is 12.7. The van der Waals surface area contributed by atoms with Gasteiger partial charge < -0.3 is 20.1 Å². The average Bonchev–Trinajstić information content (AvgIpc) is 2.89. The van der Waals surface area contributed by atoms with Crippen LogP contribution in [0.4, 0.5) is 17.1 Å². The fourth-order valence-electron chi connectivity index (χ4n) is 3.48. The maximum atomic E-state index is 12.7. The molecule has 3 aromatic carbocycles. The first-order valence-electron chi connectivity index (χ1n) is 11.7. The molecule has 2 N–H and O–H groups in total. The SMILES string of the molecule is CCOc1cc(/C=C(/C#N)C(=O)Nc2cccc([N+](=O)[O-])c2)cc(I)c1OCC(=O)Nc1cc(C)ccc1C. The van der Waals surface area contributed by atoms with Crippen molar-refractivity contribution in [3.05, 3.63) is 90.5 Å².